The minimum absolute atomic E-state index is 0.0613. The number of hydrogen-bond acceptors (Lipinski definition) is 5. The molecule has 1 N–H and O–H groups in total. The monoisotopic (exact) mass is 414 g/mol. The van der Waals surface area contributed by atoms with Crippen LogP contribution in [0.4, 0.5) is 10.2 Å². The lowest BCUT2D eigenvalue weighted by Gasteiger charge is -2.14. The van der Waals surface area contributed by atoms with E-state index in [1.165, 1.54) is 30.7 Å². The minimum atomic E-state index is -0.335. The summed E-state index contributed by atoms with van der Waals surface area (Å²) in [5.41, 5.74) is 0.410. The van der Waals surface area contributed by atoms with Crippen LogP contribution >= 0.6 is 11.8 Å². The van der Waals surface area contributed by atoms with Crippen molar-refractivity contribution in [1.82, 2.24) is 24.5 Å². The van der Waals surface area contributed by atoms with Crippen LogP contribution in [0, 0.1) is 5.82 Å². The number of amides is 1. The van der Waals surface area contributed by atoms with E-state index in [1.807, 2.05) is 10.7 Å². The zero-order chi connectivity index (χ0) is 20.2. The standard InChI is InChI=1S/C20H23FN6OS/c1-26-19(15-8-4-5-9-16(15)21)24-25-20(26)29-13-11-18(28)23-17-10-12-22-27(17)14-6-2-3-7-14/h4-5,8-10,12,14H,2-3,6-7,11,13H2,1H3,(H,23,28). The number of anilines is 1. The van der Waals surface area contributed by atoms with Crippen LogP contribution in [-0.2, 0) is 11.8 Å². The van der Waals surface area contributed by atoms with Crippen LogP contribution in [0.5, 0.6) is 0 Å². The first kappa shape index (κ1) is 19.6. The molecule has 0 aliphatic heterocycles. The van der Waals surface area contributed by atoms with Gasteiger partial charge in [-0.1, -0.05) is 36.7 Å². The molecule has 9 heteroatoms. The molecule has 0 radical (unpaired) electrons. The van der Waals surface area contributed by atoms with Crippen LogP contribution in [0.2, 0.25) is 0 Å². The highest BCUT2D eigenvalue weighted by Gasteiger charge is 2.20. The van der Waals surface area contributed by atoms with Crippen molar-refractivity contribution in [2.75, 3.05) is 11.1 Å². The maximum absolute atomic E-state index is 14.0. The van der Waals surface area contributed by atoms with Crippen molar-refractivity contribution in [1.29, 1.82) is 0 Å². The fourth-order valence-corrected chi connectivity index (χ4v) is 4.46. The van der Waals surface area contributed by atoms with Gasteiger partial charge in [0.05, 0.1) is 17.8 Å². The van der Waals surface area contributed by atoms with E-state index in [4.69, 9.17) is 0 Å². The van der Waals surface area contributed by atoms with Crippen molar-refractivity contribution in [3.05, 3.63) is 42.3 Å². The number of benzene rings is 1. The van der Waals surface area contributed by atoms with Gasteiger partial charge >= 0.3 is 0 Å². The Morgan fingerprint density at radius 3 is 2.83 bits per heavy atom. The van der Waals surface area contributed by atoms with Gasteiger partial charge in [0.15, 0.2) is 11.0 Å². The lowest BCUT2D eigenvalue weighted by atomic mass is 10.2. The summed E-state index contributed by atoms with van der Waals surface area (Å²) in [6.45, 7) is 0. The van der Waals surface area contributed by atoms with Crippen molar-refractivity contribution in [2.45, 2.75) is 43.3 Å². The highest BCUT2D eigenvalue weighted by Crippen LogP contribution is 2.31. The van der Waals surface area contributed by atoms with Crippen LogP contribution in [0.25, 0.3) is 11.4 Å². The summed E-state index contributed by atoms with van der Waals surface area (Å²) in [5.74, 6) is 1.38. The van der Waals surface area contributed by atoms with Crippen LogP contribution < -0.4 is 5.32 Å². The largest absolute Gasteiger partial charge is 0.311 e. The van der Waals surface area contributed by atoms with Crippen LogP contribution in [0.1, 0.15) is 38.1 Å². The first-order valence-corrected chi connectivity index (χ1v) is 10.7. The topological polar surface area (TPSA) is 77.6 Å². The average molecular weight is 415 g/mol. The van der Waals surface area contributed by atoms with Gasteiger partial charge in [-0.15, -0.1) is 10.2 Å². The Balaban J connectivity index is 1.32. The maximum atomic E-state index is 14.0. The van der Waals surface area contributed by atoms with Crippen LogP contribution in [0.15, 0.2) is 41.7 Å². The molecule has 2 aromatic heterocycles. The first-order chi connectivity index (χ1) is 14.1. The van der Waals surface area contributed by atoms with E-state index in [2.05, 4.69) is 20.6 Å². The molecule has 0 spiro atoms. The first-order valence-electron chi connectivity index (χ1n) is 9.74. The minimum Gasteiger partial charge on any atom is -0.311 e. The van der Waals surface area contributed by atoms with E-state index in [1.54, 1.807) is 36.0 Å². The zero-order valence-electron chi connectivity index (χ0n) is 16.2. The van der Waals surface area contributed by atoms with Crippen molar-refractivity contribution in [3.63, 3.8) is 0 Å². The maximum Gasteiger partial charge on any atom is 0.226 e. The molecule has 7 nitrogen and oxygen atoms in total. The fraction of sp³-hybridized carbons (Fsp3) is 0.400. The number of hydrogen-bond donors (Lipinski definition) is 1. The molecular weight excluding hydrogens is 391 g/mol. The molecule has 1 aliphatic carbocycles. The van der Waals surface area contributed by atoms with E-state index in [-0.39, 0.29) is 11.7 Å². The van der Waals surface area contributed by atoms with Gasteiger partial charge < -0.3 is 9.88 Å². The third-order valence-corrected chi connectivity index (χ3v) is 6.14. The lowest BCUT2D eigenvalue weighted by Crippen LogP contribution is -2.18. The second kappa shape index (κ2) is 8.77. The van der Waals surface area contributed by atoms with Crippen molar-refractivity contribution in [3.8, 4) is 11.4 Å². The Hall–Kier alpha value is -2.68. The van der Waals surface area contributed by atoms with E-state index in [9.17, 15) is 9.18 Å². The lowest BCUT2D eigenvalue weighted by molar-refractivity contribution is -0.115. The fourth-order valence-electron chi connectivity index (χ4n) is 3.61. The predicted molar refractivity (Wildman–Crippen MR) is 110 cm³/mol. The smallest absolute Gasteiger partial charge is 0.226 e. The molecule has 0 atom stereocenters. The normalized spacial score (nSPS) is 14.4. The number of thioether (sulfide) groups is 1. The van der Waals surface area contributed by atoms with E-state index in [0.717, 1.165) is 18.7 Å². The molecule has 3 aromatic rings. The van der Waals surface area contributed by atoms with Gasteiger partial charge in [0.25, 0.3) is 0 Å². The third-order valence-electron chi connectivity index (χ3n) is 5.12. The third kappa shape index (κ3) is 4.34. The van der Waals surface area contributed by atoms with Gasteiger partial charge in [0.2, 0.25) is 5.91 Å². The van der Waals surface area contributed by atoms with Gasteiger partial charge in [-0.3, -0.25) is 4.79 Å². The second-order valence-electron chi connectivity index (χ2n) is 7.09. The van der Waals surface area contributed by atoms with Crippen molar-refractivity contribution in [2.24, 2.45) is 7.05 Å². The number of carbonyl (C=O) groups is 1. The van der Waals surface area contributed by atoms with Gasteiger partial charge in [-0.25, -0.2) is 9.07 Å². The molecule has 1 fully saturated rings. The number of rotatable bonds is 7. The summed E-state index contributed by atoms with van der Waals surface area (Å²) in [6, 6.07) is 8.70. The van der Waals surface area contributed by atoms with E-state index >= 15 is 0 Å². The van der Waals surface area contributed by atoms with Crippen molar-refractivity contribution >= 4 is 23.5 Å². The van der Waals surface area contributed by atoms with Gasteiger partial charge in [-0.05, 0) is 25.0 Å². The molecule has 1 saturated carbocycles. The van der Waals surface area contributed by atoms with Crippen molar-refractivity contribution < 1.29 is 9.18 Å². The Labute approximate surface area is 172 Å². The Morgan fingerprint density at radius 1 is 1.24 bits per heavy atom. The quantitative estimate of drug-likeness (QED) is 0.590. The van der Waals surface area contributed by atoms with Gasteiger partial charge in [-0.2, -0.15) is 5.10 Å². The average Bonchev–Trinajstić information content (AvgIpc) is 3.45. The molecule has 1 amide bonds. The molecular formula is C20H23FN6OS. The summed E-state index contributed by atoms with van der Waals surface area (Å²) >= 11 is 1.42. The Morgan fingerprint density at radius 2 is 2.03 bits per heavy atom. The SMILES string of the molecule is Cn1c(SCCC(=O)Nc2ccnn2C2CCCC2)nnc1-c1ccccc1F. The summed E-state index contributed by atoms with van der Waals surface area (Å²) in [4.78, 5) is 12.4. The summed E-state index contributed by atoms with van der Waals surface area (Å²) < 4.78 is 17.7. The molecule has 152 valence electrons. The number of carbonyl (C=O) groups excluding carboxylic acids is 1. The molecule has 4 rings (SSSR count). The predicted octanol–water partition coefficient (Wildman–Crippen LogP) is 4.05. The molecule has 29 heavy (non-hydrogen) atoms. The molecule has 0 saturated heterocycles. The van der Waals surface area contributed by atoms with Crippen LogP contribution in [0.3, 0.4) is 0 Å². The molecule has 1 aliphatic rings. The highest BCUT2D eigenvalue weighted by atomic mass is 32.2. The van der Waals surface area contributed by atoms with E-state index < -0.39 is 0 Å². The van der Waals surface area contributed by atoms with Gasteiger partial charge in [0.1, 0.15) is 11.6 Å². The molecule has 1 aromatic carbocycles. The Kier molecular flexibility index (Phi) is 5.94. The number of aromatic nitrogens is 5. The second-order valence-corrected chi connectivity index (χ2v) is 8.15. The number of nitrogens with zero attached hydrogens (tertiary/aromatic N) is 5. The Bertz CT molecular complexity index is 995. The summed E-state index contributed by atoms with van der Waals surface area (Å²) in [7, 11) is 1.80. The number of halogens is 1. The highest BCUT2D eigenvalue weighted by molar-refractivity contribution is 7.99. The summed E-state index contributed by atoms with van der Waals surface area (Å²) in [5, 5.41) is 16.2. The zero-order valence-corrected chi connectivity index (χ0v) is 17.0. The molecule has 0 bridgehead atoms. The number of nitrogens with one attached hydrogen (secondary N) is 1. The molecule has 2 heterocycles. The van der Waals surface area contributed by atoms with Crippen LogP contribution in [-0.4, -0.2) is 36.2 Å². The van der Waals surface area contributed by atoms with E-state index in [0.29, 0.717) is 34.8 Å². The van der Waals surface area contributed by atoms with Gasteiger partial charge in [0, 0.05) is 25.3 Å². The molecule has 0 unspecified atom stereocenters. The summed E-state index contributed by atoms with van der Waals surface area (Å²) in [6.07, 6.45) is 6.70.